The van der Waals surface area contributed by atoms with Gasteiger partial charge in [-0.15, -0.1) is 0 Å². The Morgan fingerprint density at radius 3 is 2.69 bits per heavy atom. The summed E-state index contributed by atoms with van der Waals surface area (Å²) in [4.78, 5) is 23.1. The molecule has 1 aromatic carbocycles. The lowest BCUT2D eigenvalue weighted by atomic mass is 9.93. The van der Waals surface area contributed by atoms with Crippen LogP contribution in [0.5, 0.6) is 5.75 Å². The van der Waals surface area contributed by atoms with Gasteiger partial charge in [-0.25, -0.2) is 0 Å². The molecule has 0 bridgehead atoms. The maximum atomic E-state index is 12.7. The number of anilines is 1. The molecule has 0 saturated carbocycles. The summed E-state index contributed by atoms with van der Waals surface area (Å²) >= 11 is 0. The predicted octanol–water partition coefficient (Wildman–Crippen LogP) is 2.97. The number of nitro benzene ring substituents is 1. The SMILES string of the molecule is COc1ccc([N+](=O)[O-])cc1NC(=O)[C@H](C)[n+]1ccc2c(c1)CCCC2. The fourth-order valence-corrected chi connectivity index (χ4v) is 3.21. The molecule has 26 heavy (non-hydrogen) atoms. The molecule has 1 amide bonds. The Labute approximate surface area is 151 Å². The van der Waals surface area contributed by atoms with E-state index in [4.69, 9.17) is 4.74 Å². The maximum absolute atomic E-state index is 12.7. The van der Waals surface area contributed by atoms with Crippen molar-refractivity contribution in [1.82, 2.24) is 0 Å². The Kier molecular flexibility index (Phi) is 5.16. The third kappa shape index (κ3) is 3.66. The summed E-state index contributed by atoms with van der Waals surface area (Å²) in [6.07, 6.45) is 8.44. The first-order chi connectivity index (χ1) is 12.5. The molecule has 0 radical (unpaired) electrons. The van der Waals surface area contributed by atoms with Crippen LogP contribution >= 0.6 is 0 Å². The molecule has 0 fully saturated rings. The number of nitro groups is 1. The summed E-state index contributed by atoms with van der Waals surface area (Å²) in [5.41, 5.74) is 2.82. The molecule has 0 saturated heterocycles. The van der Waals surface area contributed by atoms with Gasteiger partial charge in [-0.3, -0.25) is 14.9 Å². The molecule has 136 valence electrons. The first-order valence-electron chi connectivity index (χ1n) is 8.65. The molecule has 7 heteroatoms. The molecule has 0 aliphatic heterocycles. The third-order valence-corrected chi connectivity index (χ3v) is 4.79. The lowest BCUT2D eigenvalue weighted by Crippen LogP contribution is -2.44. The summed E-state index contributed by atoms with van der Waals surface area (Å²) < 4.78 is 7.07. The van der Waals surface area contributed by atoms with Crippen molar-refractivity contribution in [3.8, 4) is 5.75 Å². The molecule has 0 spiro atoms. The Morgan fingerprint density at radius 1 is 1.27 bits per heavy atom. The number of hydrogen-bond donors (Lipinski definition) is 1. The Hall–Kier alpha value is -2.96. The second-order valence-electron chi connectivity index (χ2n) is 6.46. The number of carbonyl (C=O) groups is 1. The van der Waals surface area contributed by atoms with Gasteiger partial charge in [0, 0.05) is 30.7 Å². The summed E-state index contributed by atoms with van der Waals surface area (Å²) in [5.74, 6) is 0.121. The maximum Gasteiger partial charge on any atom is 0.293 e. The fourth-order valence-electron chi connectivity index (χ4n) is 3.21. The molecule has 1 aliphatic carbocycles. The number of carbonyl (C=O) groups excluding carboxylic acids is 1. The van der Waals surface area contributed by atoms with Crippen molar-refractivity contribution in [3.63, 3.8) is 0 Å². The van der Waals surface area contributed by atoms with Crippen LogP contribution in [0.2, 0.25) is 0 Å². The third-order valence-electron chi connectivity index (χ3n) is 4.79. The highest BCUT2D eigenvalue weighted by Crippen LogP contribution is 2.29. The van der Waals surface area contributed by atoms with Crippen LogP contribution in [-0.4, -0.2) is 17.9 Å². The van der Waals surface area contributed by atoms with E-state index in [2.05, 4.69) is 11.4 Å². The number of nitrogens with one attached hydrogen (secondary N) is 1. The number of fused-ring (bicyclic) bond motifs is 1. The molecule has 1 aromatic heterocycles. The van der Waals surface area contributed by atoms with E-state index in [9.17, 15) is 14.9 Å². The summed E-state index contributed by atoms with van der Waals surface area (Å²) in [7, 11) is 1.46. The topological polar surface area (TPSA) is 85.3 Å². The second-order valence-corrected chi connectivity index (χ2v) is 6.46. The van der Waals surface area contributed by atoms with Crippen molar-refractivity contribution < 1.29 is 19.0 Å². The predicted molar refractivity (Wildman–Crippen MR) is 96.3 cm³/mol. The normalized spacial score (nSPS) is 14.2. The van der Waals surface area contributed by atoms with Crippen molar-refractivity contribution in [3.05, 3.63) is 57.9 Å². The number of nitrogens with zero attached hydrogens (tertiary/aromatic N) is 2. The lowest BCUT2D eigenvalue weighted by Gasteiger charge is -2.16. The molecule has 3 rings (SSSR count). The number of ether oxygens (including phenoxy) is 1. The van der Waals surface area contributed by atoms with Crippen LogP contribution in [0.15, 0.2) is 36.7 Å². The van der Waals surface area contributed by atoms with Crippen LogP contribution in [0, 0.1) is 10.1 Å². The Bertz CT molecular complexity index is 851. The monoisotopic (exact) mass is 356 g/mol. The summed E-state index contributed by atoms with van der Waals surface area (Å²) in [6, 6.07) is 5.75. The van der Waals surface area contributed by atoms with E-state index < -0.39 is 11.0 Å². The van der Waals surface area contributed by atoms with E-state index in [0.29, 0.717) is 5.75 Å². The summed E-state index contributed by atoms with van der Waals surface area (Å²) in [5, 5.41) is 13.7. The van der Waals surface area contributed by atoms with Gasteiger partial charge in [0.25, 0.3) is 11.6 Å². The van der Waals surface area contributed by atoms with Gasteiger partial charge in [0.15, 0.2) is 12.4 Å². The molecule has 0 unspecified atom stereocenters. The van der Waals surface area contributed by atoms with Gasteiger partial charge in [-0.2, -0.15) is 4.57 Å². The molecule has 2 aromatic rings. The molecular formula is C19H22N3O4+. The van der Waals surface area contributed by atoms with Crippen LogP contribution in [0.1, 0.15) is 36.9 Å². The highest BCUT2D eigenvalue weighted by molar-refractivity contribution is 5.94. The van der Waals surface area contributed by atoms with Gasteiger partial charge < -0.3 is 10.1 Å². The number of rotatable bonds is 5. The zero-order chi connectivity index (χ0) is 18.7. The zero-order valence-corrected chi connectivity index (χ0v) is 14.9. The smallest absolute Gasteiger partial charge is 0.293 e. The number of hydrogen-bond acceptors (Lipinski definition) is 4. The highest BCUT2D eigenvalue weighted by atomic mass is 16.6. The van der Waals surface area contributed by atoms with E-state index in [1.54, 1.807) is 6.92 Å². The van der Waals surface area contributed by atoms with Gasteiger partial charge in [0.1, 0.15) is 5.75 Å². The molecule has 7 nitrogen and oxygen atoms in total. The average molecular weight is 356 g/mol. The van der Waals surface area contributed by atoms with Gasteiger partial charge >= 0.3 is 0 Å². The lowest BCUT2D eigenvalue weighted by molar-refractivity contribution is -0.706. The first kappa shape index (κ1) is 17.8. The van der Waals surface area contributed by atoms with E-state index in [-0.39, 0.29) is 17.3 Å². The molecule has 1 N–H and O–H groups in total. The van der Waals surface area contributed by atoms with Gasteiger partial charge in [-0.1, -0.05) is 0 Å². The molecule has 1 aliphatic rings. The van der Waals surface area contributed by atoms with Crippen molar-refractivity contribution >= 4 is 17.3 Å². The van der Waals surface area contributed by atoms with Gasteiger partial charge in [0.05, 0.1) is 17.7 Å². The number of benzene rings is 1. The molecule has 1 atom stereocenters. The number of pyridine rings is 1. The molecule has 1 heterocycles. The van der Waals surface area contributed by atoms with Gasteiger partial charge in [-0.05, 0) is 37.3 Å². The van der Waals surface area contributed by atoms with E-state index in [1.807, 2.05) is 17.0 Å². The number of aromatic nitrogens is 1. The number of non-ortho nitro benzene ring substituents is 1. The quantitative estimate of drug-likeness (QED) is 0.507. The Balaban J connectivity index is 1.81. The number of aryl methyl sites for hydroxylation is 2. The Morgan fingerprint density at radius 2 is 2.00 bits per heavy atom. The minimum Gasteiger partial charge on any atom is -0.495 e. The largest absolute Gasteiger partial charge is 0.495 e. The van der Waals surface area contributed by atoms with Crippen LogP contribution in [-0.2, 0) is 17.6 Å². The van der Waals surface area contributed by atoms with E-state index in [0.717, 1.165) is 12.8 Å². The van der Waals surface area contributed by atoms with Crippen molar-refractivity contribution in [2.45, 2.75) is 38.6 Å². The minimum absolute atomic E-state index is 0.102. The van der Waals surface area contributed by atoms with Crippen LogP contribution in [0.3, 0.4) is 0 Å². The van der Waals surface area contributed by atoms with Crippen molar-refractivity contribution in [2.24, 2.45) is 0 Å². The highest BCUT2D eigenvalue weighted by Gasteiger charge is 2.25. The van der Waals surface area contributed by atoms with E-state index in [1.165, 1.54) is 49.3 Å². The molecular weight excluding hydrogens is 334 g/mol. The number of amides is 1. The summed E-state index contributed by atoms with van der Waals surface area (Å²) in [6.45, 7) is 1.80. The van der Waals surface area contributed by atoms with E-state index >= 15 is 0 Å². The second kappa shape index (κ2) is 7.51. The zero-order valence-electron chi connectivity index (χ0n) is 14.9. The van der Waals surface area contributed by atoms with Crippen LogP contribution in [0.4, 0.5) is 11.4 Å². The fraction of sp³-hybridized carbons (Fsp3) is 0.368. The average Bonchev–Trinajstić information content (AvgIpc) is 2.66. The van der Waals surface area contributed by atoms with Crippen LogP contribution < -0.4 is 14.6 Å². The van der Waals surface area contributed by atoms with Crippen molar-refractivity contribution in [1.29, 1.82) is 0 Å². The van der Waals surface area contributed by atoms with Crippen molar-refractivity contribution in [2.75, 3.05) is 12.4 Å². The number of methoxy groups -OCH3 is 1. The van der Waals surface area contributed by atoms with Crippen LogP contribution in [0.25, 0.3) is 0 Å². The standard InChI is InChI=1S/C19H21N3O4/c1-13(21-10-9-14-5-3-4-6-15(14)12-21)19(23)20-17-11-16(22(24)25)7-8-18(17)26-2/h7-13H,3-6H2,1-2H3/p+1/t13-/m0/s1. The minimum atomic E-state index is -0.503. The van der Waals surface area contributed by atoms with Gasteiger partial charge in [0.2, 0.25) is 6.04 Å². The first-order valence-corrected chi connectivity index (χ1v) is 8.65.